The molecule has 1 atom stereocenters. The van der Waals surface area contributed by atoms with E-state index in [4.69, 9.17) is 9.47 Å². The summed E-state index contributed by atoms with van der Waals surface area (Å²) in [5.74, 6) is -0.221. The second-order valence-electron chi connectivity index (χ2n) is 13.3. The van der Waals surface area contributed by atoms with Gasteiger partial charge in [0.05, 0.1) is 13.2 Å². The summed E-state index contributed by atoms with van der Waals surface area (Å²) >= 11 is 0. The fourth-order valence-corrected chi connectivity index (χ4v) is 5.37. The Morgan fingerprint density at radius 3 is 1.24 bits per heavy atom. The van der Waals surface area contributed by atoms with E-state index >= 15 is 0 Å². The number of carbonyl (C=O) groups excluding carboxylic acids is 1. The average Bonchev–Trinajstić information content (AvgIpc) is 3.14. The fourth-order valence-electron chi connectivity index (χ4n) is 5.37. The Morgan fingerprint density at radius 2 is 0.824 bits per heavy atom. The number of hydrogen-bond donors (Lipinski definition) is 1. The van der Waals surface area contributed by atoms with Gasteiger partial charge in [-0.05, 0) is 89.9 Å². The molecule has 0 bridgehead atoms. The molecule has 1 N–H and O–H groups in total. The van der Waals surface area contributed by atoms with Crippen molar-refractivity contribution in [2.45, 2.75) is 174 Å². The van der Waals surface area contributed by atoms with E-state index < -0.39 is 6.10 Å². The van der Waals surface area contributed by atoms with Crippen LogP contribution in [0.5, 0.6) is 0 Å². The van der Waals surface area contributed by atoms with Gasteiger partial charge in [0.2, 0.25) is 0 Å². The molecule has 1 unspecified atom stereocenters. The van der Waals surface area contributed by atoms with Gasteiger partial charge >= 0.3 is 5.97 Å². The van der Waals surface area contributed by atoms with Crippen LogP contribution in [0.15, 0.2) is 97.2 Å². The SMILES string of the molecule is CC/C=C\C/C=C\C/C=C\C/C=C\C/C=C\CCCCCCCCOCC(CO)OC(=O)CCCCCCCCC/C=C\C/C=C\C/C=C\CC. The van der Waals surface area contributed by atoms with Gasteiger partial charge in [-0.25, -0.2) is 0 Å². The quantitative estimate of drug-likeness (QED) is 0.0397. The molecule has 0 aliphatic rings. The molecule has 0 aliphatic carbocycles. The molecule has 0 saturated heterocycles. The number of carbonyl (C=O) groups is 1. The molecule has 290 valence electrons. The maximum Gasteiger partial charge on any atom is 0.306 e. The average molecular weight is 707 g/mol. The van der Waals surface area contributed by atoms with Crippen LogP contribution in [0.3, 0.4) is 0 Å². The highest BCUT2D eigenvalue weighted by molar-refractivity contribution is 5.69. The topological polar surface area (TPSA) is 55.8 Å². The number of unbranched alkanes of at least 4 members (excludes halogenated alkanes) is 13. The lowest BCUT2D eigenvalue weighted by molar-refractivity contribution is -0.154. The number of ether oxygens (including phenoxy) is 2. The molecule has 0 spiro atoms. The molecule has 4 heteroatoms. The smallest absolute Gasteiger partial charge is 0.306 e. The minimum absolute atomic E-state index is 0.188. The zero-order valence-corrected chi connectivity index (χ0v) is 33.1. The van der Waals surface area contributed by atoms with Crippen LogP contribution in [0, 0.1) is 0 Å². The fraction of sp³-hybridized carbons (Fsp3) is 0.638. The summed E-state index contributed by atoms with van der Waals surface area (Å²) in [6, 6.07) is 0. The van der Waals surface area contributed by atoms with Crippen molar-refractivity contribution in [3.05, 3.63) is 97.2 Å². The number of allylic oxidation sites excluding steroid dienone is 16. The molecule has 0 aliphatic heterocycles. The van der Waals surface area contributed by atoms with Gasteiger partial charge in [-0.2, -0.15) is 0 Å². The van der Waals surface area contributed by atoms with Crippen LogP contribution in [0.4, 0.5) is 0 Å². The number of hydrogen-bond acceptors (Lipinski definition) is 4. The van der Waals surface area contributed by atoms with Crippen LogP contribution in [0.1, 0.15) is 168 Å². The molecule has 51 heavy (non-hydrogen) atoms. The lowest BCUT2D eigenvalue weighted by Gasteiger charge is -2.15. The highest BCUT2D eigenvalue weighted by atomic mass is 16.6. The van der Waals surface area contributed by atoms with Crippen molar-refractivity contribution in [1.82, 2.24) is 0 Å². The van der Waals surface area contributed by atoms with Crippen LogP contribution < -0.4 is 0 Å². The molecule has 0 saturated carbocycles. The van der Waals surface area contributed by atoms with Gasteiger partial charge in [0.25, 0.3) is 0 Å². The first-order chi connectivity index (χ1) is 25.2. The van der Waals surface area contributed by atoms with Crippen molar-refractivity contribution in [1.29, 1.82) is 0 Å². The van der Waals surface area contributed by atoms with Crippen molar-refractivity contribution in [3.63, 3.8) is 0 Å². The molecule has 0 heterocycles. The summed E-state index contributed by atoms with van der Waals surface area (Å²) in [5, 5.41) is 9.60. The standard InChI is InChI=1S/C47H78O4/c1-3-5-7-9-11-13-15-17-19-21-22-23-24-25-27-29-31-33-35-37-39-41-43-50-45-46(44-48)51-47(49)42-40-38-36-34-32-30-28-26-20-18-16-14-12-10-8-6-4-2/h5-8,11-14,17-20,22-23,25,27,46,48H,3-4,9-10,15-16,21,24,26,28-45H2,1-2H3/b7-5-,8-6-,13-11-,14-12-,19-17-,20-18-,23-22-,27-25-. The van der Waals surface area contributed by atoms with Crippen molar-refractivity contribution < 1.29 is 19.4 Å². The van der Waals surface area contributed by atoms with Crippen LogP contribution in [-0.4, -0.2) is 37.0 Å². The number of aliphatic hydroxyl groups is 1. The Balaban J connectivity index is 3.53. The number of aliphatic hydroxyl groups excluding tert-OH is 1. The van der Waals surface area contributed by atoms with Crippen molar-refractivity contribution >= 4 is 5.97 Å². The van der Waals surface area contributed by atoms with E-state index in [0.717, 1.165) is 89.9 Å². The largest absolute Gasteiger partial charge is 0.457 e. The molecule has 0 aromatic carbocycles. The van der Waals surface area contributed by atoms with E-state index in [1.165, 1.54) is 57.8 Å². The van der Waals surface area contributed by atoms with Gasteiger partial charge in [0.1, 0.15) is 6.10 Å². The summed E-state index contributed by atoms with van der Waals surface area (Å²) in [6.07, 6.45) is 61.7. The summed E-state index contributed by atoms with van der Waals surface area (Å²) in [4.78, 5) is 12.2. The van der Waals surface area contributed by atoms with E-state index in [0.29, 0.717) is 13.0 Å². The Bertz CT molecular complexity index is 965. The summed E-state index contributed by atoms with van der Waals surface area (Å²) in [6.45, 7) is 5.06. The van der Waals surface area contributed by atoms with Gasteiger partial charge in [-0.3, -0.25) is 4.79 Å². The predicted octanol–water partition coefficient (Wildman–Crippen LogP) is 13.8. The van der Waals surface area contributed by atoms with E-state index in [2.05, 4.69) is 111 Å². The van der Waals surface area contributed by atoms with Crippen LogP contribution >= 0.6 is 0 Å². The van der Waals surface area contributed by atoms with Crippen molar-refractivity contribution in [2.75, 3.05) is 19.8 Å². The summed E-state index contributed by atoms with van der Waals surface area (Å²) in [5.41, 5.74) is 0. The molecule has 0 aromatic rings. The van der Waals surface area contributed by atoms with E-state index in [9.17, 15) is 9.90 Å². The molecule has 4 nitrogen and oxygen atoms in total. The van der Waals surface area contributed by atoms with Crippen LogP contribution in [0.25, 0.3) is 0 Å². The third kappa shape index (κ3) is 41.6. The molecule has 0 fully saturated rings. The van der Waals surface area contributed by atoms with Crippen molar-refractivity contribution in [3.8, 4) is 0 Å². The Kier molecular flexibility index (Phi) is 41.2. The molecule has 0 amide bonds. The maximum absolute atomic E-state index is 12.2. The van der Waals surface area contributed by atoms with E-state index in [-0.39, 0.29) is 19.2 Å². The van der Waals surface area contributed by atoms with E-state index in [1.807, 2.05) is 0 Å². The maximum atomic E-state index is 12.2. The minimum atomic E-state index is -0.554. The normalized spacial score (nSPS) is 13.4. The zero-order chi connectivity index (χ0) is 37.0. The van der Waals surface area contributed by atoms with Gasteiger partial charge in [0.15, 0.2) is 0 Å². The first-order valence-electron chi connectivity index (χ1n) is 20.8. The van der Waals surface area contributed by atoms with Gasteiger partial charge < -0.3 is 14.6 Å². The van der Waals surface area contributed by atoms with Gasteiger partial charge in [0, 0.05) is 13.0 Å². The molecule has 0 radical (unpaired) electrons. The first-order valence-corrected chi connectivity index (χ1v) is 20.8. The van der Waals surface area contributed by atoms with E-state index in [1.54, 1.807) is 0 Å². The monoisotopic (exact) mass is 707 g/mol. The highest BCUT2D eigenvalue weighted by Gasteiger charge is 2.13. The Labute approximate surface area is 315 Å². The third-order valence-electron chi connectivity index (χ3n) is 8.40. The van der Waals surface area contributed by atoms with Gasteiger partial charge in [-0.15, -0.1) is 0 Å². The van der Waals surface area contributed by atoms with Gasteiger partial charge in [-0.1, -0.05) is 169 Å². The van der Waals surface area contributed by atoms with Crippen LogP contribution in [0.2, 0.25) is 0 Å². The number of rotatable bonds is 37. The third-order valence-corrected chi connectivity index (χ3v) is 8.40. The Hall–Kier alpha value is -2.69. The Morgan fingerprint density at radius 1 is 0.471 bits per heavy atom. The molecular formula is C47H78O4. The second kappa shape index (κ2) is 43.5. The molecule has 0 aromatic heterocycles. The summed E-state index contributed by atoms with van der Waals surface area (Å²) in [7, 11) is 0. The number of esters is 1. The predicted molar refractivity (Wildman–Crippen MR) is 223 cm³/mol. The first kappa shape index (κ1) is 48.3. The van der Waals surface area contributed by atoms with Crippen molar-refractivity contribution in [2.24, 2.45) is 0 Å². The lowest BCUT2D eigenvalue weighted by Crippen LogP contribution is -2.27. The second-order valence-corrected chi connectivity index (χ2v) is 13.3. The minimum Gasteiger partial charge on any atom is -0.457 e. The lowest BCUT2D eigenvalue weighted by atomic mass is 10.1. The van der Waals surface area contributed by atoms with Crippen LogP contribution in [-0.2, 0) is 14.3 Å². The zero-order valence-electron chi connectivity index (χ0n) is 33.1. The highest BCUT2D eigenvalue weighted by Crippen LogP contribution is 2.12. The molecule has 0 rings (SSSR count). The molecular weight excluding hydrogens is 629 g/mol. The summed E-state index contributed by atoms with van der Waals surface area (Å²) < 4.78 is 11.1.